The van der Waals surface area contributed by atoms with E-state index in [1.165, 1.54) is 12.1 Å². The van der Waals surface area contributed by atoms with Crippen molar-refractivity contribution in [2.75, 3.05) is 13.2 Å². The predicted molar refractivity (Wildman–Crippen MR) is 149 cm³/mol. The van der Waals surface area contributed by atoms with Gasteiger partial charge in [-0.05, 0) is 59.5 Å². The molecule has 2 fully saturated rings. The highest BCUT2D eigenvalue weighted by atomic mass is 79.9. The molecule has 1 saturated carbocycles. The molecule has 2 aliphatic carbocycles. The average molecular weight is 600 g/mol. The molecule has 7 nitrogen and oxygen atoms in total. The number of allylic oxidation sites excluding steroid dienone is 4. The molecule has 0 aromatic heterocycles. The van der Waals surface area contributed by atoms with Gasteiger partial charge in [0.2, 0.25) is 5.91 Å². The summed E-state index contributed by atoms with van der Waals surface area (Å²) in [6.07, 6.45) is 10.0. The number of rotatable bonds is 8. The maximum Gasteiger partial charge on any atom is 0.269 e. The Hall–Kier alpha value is -2.78. The lowest BCUT2D eigenvalue weighted by molar-refractivity contribution is -0.384. The minimum atomic E-state index is -1.25. The molecular weight excluding hydrogens is 572 g/mol. The second-order valence-electron chi connectivity index (χ2n) is 10.2. The van der Waals surface area contributed by atoms with Crippen LogP contribution in [0.2, 0.25) is 5.02 Å². The number of benzene rings is 2. The van der Waals surface area contributed by atoms with Gasteiger partial charge in [0.25, 0.3) is 5.69 Å². The van der Waals surface area contributed by atoms with E-state index >= 15 is 0 Å². The lowest BCUT2D eigenvalue weighted by Gasteiger charge is -2.41. The number of aliphatic hydroxyl groups is 1. The predicted octanol–water partition coefficient (Wildman–Crippen LogP) is 6.32. The number of aliphatic hydroxyl groups excluding tert-OH is 1. The van der Waals surface area contributed by atoms with Crippen LogP contribution in [0.25, 0.3) is 0 Å². The van der Waals surface area contributed by atoms with Crippen LogP contribution < -0.4 is 0 Å². The van der Waals surface area contributed by atoms with Crippen LogP contribution in [0, 0.1) is 28.4 Å². The summed E-state index contributed by atoms with van der Waals surface area (Å²) in [5.41, 5.74) is 1.48. The standard InChI is InChI=1S/C29H28BrClN2O5/c1-19-15-24(33(36)37)11-5-20(19)16-32-27(35)25-4-2-3-22(30)8-12-26(25)29(32,21-6-9-23(31)10-7-21)38-18-28(17-34)13-14-28/h2-7,9-12,15,25,34H,8,13-14,16-18H2,1H3/b4-2?,22-3+,26-12+. The van der Waals surface area contributed by atoms with Gasteiger partial charge in [-0.15, -0.1) is 0 Å². The molecule has 9 heteroatoms. The smallest absolute Gasteiger partial charge is 0.269 e. The largest absolute Gasteiger partial charge is 0.396 e. The molecule has 1 saturated heterocycles. The molecule has 0 radical (unpaired) electrons. The molecule has 5 rings (SSSR count). The first-order valence-corrected chi connectivity index (χ1v) is 13.7. The van der Waals surface area contributed by atoms with Gasteiger partial charge in [-0.3, -0.25) is 14.9 Å². The summed E-state index contributed by atoms with van der Waals surface area (Å²) in [5, 5.41) is 21.9. The van der Waals surface area contributed by atoms with E-state index in [0.717, 1.165) is 34.0 Å². The summed E-state index contributed by atoms with van der Waals surface area (Å²) < 4.78 is 7.82. The van der Waals surface area contributed by atoms with Crippen LogP contribution in [-0.2, 0) is 21.8 Å². The van der Waals surface area contributed by atoms with Crippen molar-refractivity contribution in [2.45, 2.75) is 38.5 Å². The monoisotopic (exact) mass is 598 g/mol. The Morgan fingerprint density at radius 2 is 1.97 bits per heavy atom. The van der Waals surface area contributed by atoms with Crippen molar-refractivity contribution < 1.29 is 19.6 Å². The van der Waals surface area contributed by atoms with E-state index in [9.17, 15) is 20.0 Å². The molecule has 0 bridgehead atoms. The molecule has 1 heterocycles. The van der Waals surface area contributed by atoms with Crippen molar-refractivity contribution in [3.63, 3.8) is 0 Å². The molecule has 2 unspecified atom stereocenters. The summed E-state index contributed by atoms with van der Waals surface area (Å²) >= 11 is 9.85. The quantitative estimate of drug-likeness (QED) is 0.218. The topological polar surface area (TPSA) is 92.9 Å². The van der Waals surface area contributed by atoms with Crippen LogP contribution in [-0.4, -0.2) is 34.1 Å². The van der Waals surface area contributed by atoms with Crippen LogP contribution in [0.4, 0.5) is 5.69 Å². The number of aryl methyl sites for hydroxylation is 1. The summed E-state index contributed by atoms with van der Waals surface area (Å²) in [6.45, 7) is 2.28. The van der Waals surface area contributed by atoms with Gasteiger partial charge in [-0.2, -0.15) is 0 Å². The van der Waals surface area contributed by atoms with E-state index in [4.69, 9.17) is 16.3 Å². The van der Waals surface area contributed by atoms with Gasteiger partial charge in [-0.25, -0.2) is 0 Å². The first kappa shape index (κ1) is 26.8. The number of carbonyl (C=O) groups is 1. The van der Waals surface area contributed by atoms with E-state index in [0.29, 0.717) is 17.0 Å². The number of nitrogens with zero attached hydrogens (tertiary/aromatic N) is 2. The maximum atomic E-state index is 14.2. The highest BCUT2D eigenvalue weighted by Gasteiger charge is 2.58. The summed E-state index contributed by atoms with van der Waals surface area (Å²) in [6, 6.07) is 12.0. The Morgan fingerprint density at radius 1 is 1.24 bits per heavy atom. The zero-order valence-corrected chi connectivity index (χ0v) is 23.2. The molecule has 1 aliphatic heterocycles. The first-order valence-electron chi connectivity index (χ1n) is 12.5. The summed E-state index contributed by atoms with van der Waals surface area (Å²) in [4.78, 5) is 26.8. The van der Waals surface area contributed by atoms with E-state index in [-0.39, 0.29) is 36.8 Å². The fraction of sp³-hybridized carbons (Fsp3) is 0.345. The molecule has 1 amide bonds. The van der Waals surface area contributed by atoms with E-state index < -0.39 is 16.6 Å². The Labute approximate surface area is 234 Å². The van der Waals surface area contributed by atoms with Crippen molar-refractivity contribution in [3.05, 3.63) is 109 Å². The molecule has 38 heavy (non-hydrogen) atoms. The minimum absolute atomic E-state index is 0.000967. The Morgan fingerprint density at radius 3 is 2.61 bits per heavy atom. The fourth-order valence-corrected chi connectivity index (χ4v) is 5.62. The van der Waals surface area contributed by atoms with Gasteiger partial charge in [0, 0.05) is 34.7 Å². The zero-order chi connectivity index (χ0) is 27.1. The van der Waals surface area contributed by atoms with Crippen LogP contribution in [0.3, 0.4) is 0 Å². The van der Waals surface area contributed by atoms with Gasteiger partial charge < -0.3 is 14.7 Å². The molecular formula is C29H28BrClN2O5. The van der Waals surface area contributed by atoms with Gasteiger partial charge in [0.05, 0.1) is 24.1 Å². The number of hydrogen-bond acceptors (Lipinski definition) is 5. The van der Waals surface area contributed by atoms with Gasteiger partial charge >= 0.3 is 0 Å². The number of likely N-dealkylation sites (tertiary alicyclic amines) is 1. The third-order valence-electron chi connectivity index (χ3n) is 7.72. The second-order valence-corrected chi connectivity index (χ2v) is 11.7. The molecule has 2 aromatic carbocycles. The number of nitro groups is 1. The number of amides is 1. The van der Waals surface area contributed by atoms with Crippen molar-refractivity contribution in [1.82, 2.24) is 4.90 Å². The first-order chi connectivity index (χ1) is 18.2. The molecule has 2 atom stereocenters. The lowest BCUT2D eigenvalue weighted by atomic mass is 9.87. The molecule has 0 spiro atoms. The zero-order valence-electron chi connectivity index (χ0n) is 20.9. The average Bonchev–Trinajstić information content (AvgIpc) is 3.64. The molecule has 1 N–H and O–H groups in total. The van der Waals surface area contributed by atoms with E-state index in [2.05, 4.69) is 15.9 Å². The van der Waals surface area contributed by atoms with Crippen LogP contribution in [0.1, 0.15) is 36.0 Å². The fourth-order valence-electron chi connectivity index (χ4n) is 5.18. The van der Waals surface area contributed by atoms with Crippen molar-refractivity contribution in [2.24, 2.45) is 11.3 Å². The Balaban J connectivity index is 1.68. The number of halogens is 2. The van der Waals surface area contributed by atoms with Gasteiger partial charge in [0.15, 0.2) is 5.72 Å². The van der Waals surface area contributed by atoms with E-state index in [1.807, 2.05) is 43.4 Å². The SMILES string of the molecule is Cc1cc([N+](=O)[O-])ccc1CN1C(=O)C2C=C/C=C(/Br)C/C=C\2C1(OCC1(CO)CC1)c1ccc(Cl)cc1. The number of fused-ring (bicyclic) bond motifs is 1. The van der Waals surface area contributed by atoms with Crippen molar-refractivity contribution in [3.8, 4) is 0 Å². The second kappa shape index (κ2) is 10.4. The van der Waals surface area contributed by atoms with Crippen LogP contribution in [0.15, 0.2) is 76.8 Å². The highest BCUT2D eigenvalue weighted by Crippen LogP contribution is 2.53. The number of carbonyl (C=O) groups excluding carboxylic acids is 1. The third kappa shape index (κ3) is 4.86. The highest BCUT2D eigenvalue weighted by molar-refractivity contribution is 9.11. The number of ether oxygens (including phenoxy) is 1. The van der Waals surface area contributed by atoms with Crippen molar-refractivity contribution in [1.29, 1.82) is 0 Å². The minimum Gasteiger partial charge on any atom is -0.396 e. The number of non-ortho nitro benzene ring substituents is 1. The van der Waals surface area contributed by atoms with Gasteiger partial charge in [0.1, 0.15) is 0 Å². The summed E-state index contributed by atoms with van der Waals surface area (Å²) in [5.74, 6) is -0.675. The van der Waals surface area contributed by atoms with Gasteiger partial charge in [-0.1, -0.05) is 70.0 Å². The number of nitro benzene ring substituents is 1. The van der Waals surface area contributed by atoms with Crippen LogP contribution in [0.5, 0.6) is 0 Å². The Bertz CT molecular complexity index is 1370. The van der Waals surface area contributed by atoms with E-state index in [1.54, 1.807) is 23.1 Å². The number of hydrogen-bond donors (Lipinski definition) is 1. The van der Waals surface area contributed by atoms with Crippen LogP contribution >= 0.6 is 27.5 Å². The van der Waals surface area contributed by atoms with Crippen molar-refractivity contribution >= 4 is 39.1 Å². The molecule has 198 valence electrons. The lowest BCUT2D eigenvalue weighted by Crippen LogP contribution is -2.47. The third-order valence-corrected chi connectivity index (χ3v) is 8.56. The molecule has 2 aromatic rings. The molecule has 3 aliphatic rings. The summed E-state index contributed by atoms with van der Waals surface area (Å²) in [7, 11) is 0. The Kier molecular flexibility index (Phi) is 7.35. The normalized spacial score (nSPS) is 26.6. The maximum absolute atomic E-state index is 14.2.